The normalized spacial score (nSPS) is 12.3. The van der Waals surface area contributed by atoms with Gasteiger partial charge in [-0.25, -0.2) is 4.98 Å². The van der Waals surface area contributed by atoms with E-state index in [-0.39, 0.29) is 11.5 Å². The summed E-state index contributed by atoms with van der Waals surface area (Å²) in [4.78, 5) is 30.7. The van der Waals surface area contributed by atoms with E-state index in [2.05, 4.69) is 25.2 Å². The van der Waals surface area contributed by atoms with Crippen LogP contribution in [-0.2, 0) is 11.3 Å². The first-order chi connectivity index (χ1) is 14.3. The third-order valence-electron chi connectivity index (χ3n) is 5.10. The number of nitrogens with zero attached hydrogens (tertiary/aromatic N) is 2. The molecule has 0 fully saturated rings. The van der Waals surface area contributed by atoms with E-state index in [0.717, 1.165) is 23.2 Å². The van der Waals surface area contributed by atoms with Crippen LogP contribution in [0, 0.1) is 6.92 Å². The van der Waals surface area contributed by atoms with Gasteiger partial charge in [0, 0.05) is 12.2 Å². The van der Waals surface area contributed by atoms with Crippen molar-refractivity contribution in [2.75, 3.05) is 5.32 Å². The molecule has 1 atom stereocenters. The van der Waals surface area contributed by atoms with Crippen LogP contribution >= 0.6 is 11.8 Å². The van der Waals surface area contributed by atoms with Gasteiger partial charge in [-0.05, 0) is 49.4 Å². The second-order valence-electron chi connectivity index (χ2n) is 7.81. The number of carbonyl (C=O) groups excluding carboxylic acids is 1. The third-order valence-corrected chi connectivity index (χ3v) is 6.19. The van der Waals surface area contributed by atoms with Crippen molar-refractivity contribution in [3.8, 4) is 0 Å². The zero-order valence-electron chi connectivity index (χ0n) is 18.2. The predicted molar refractivity (Wildman–Crippen MR) is 126 cm³/mol. The summed E-state index contributed by atoms with van der Waals surface area (Å²) in [6, 6.07) is 13.4. The van der Waals surface area contributed by atoms with Gasteiger partial charge in [0.15, 0.2) is 5.16 Å². The second kappa shape index (κ2) is 9.47. The number of hydrogen-bond acceptors (Lipinski definition) is 4. The molecule has 0 aliphatic carbocycles. The number of fused-ring (bicyclic) bond motifs is 1. The van der Waals surface area contributed by atoms with Gasteiger partial charge in [-0.3, -0.25) is 14.2 Å². The molecule has 1 aromatic heterocycles. The molecule has 0 spiro atoms. The molecule has 0 aliphatic heterocycles. The smallest absolute Gasteiger partial charge is 0.262 e. The van der Waals surface area contributed by atoms with Crippen molar-refractivity contribution in [3.63, 3.8) is 0 Å². The Bertz CT molecular complexity index is 1120. The van der Waals surface area contributed by atoms with Gasteiger partial charge in [0.2, 0.25) is 5.91 Å². The van der Waals surface area contributed by atoms with Gasteiger partial charge in [-0.15, -0.1) is 0 Å². The predicted octanol–water partition coefficient (Wildman–Crippen LogP) is 5.36. The summed E-state index contributed by atoms with van der Waals surface area (Å²) in [5.74, 6) is 0.210. The van der Waals surface area contributed by atoms with Gasteiger partial charge in [-0.1, -0.05) is 62.9 Å². The molecular weight excluding hydrogens is 394 g/mol. The molecule has 1 heterocycles. The molecule has 158 valence electrons. The van der Waals surface area contributed by atoms with Crippen LogP contribution in [-0.4, -0.2) is 20.7 Å². The van der Waals surface area contributed by atoms with Crippen LogP contribution in [0.3, 0.4) is 0 Å². The lowest BCUT2D eigenvalue weighted by atomic mass is 9.98. The summed E-state index contributed by atoms with van der Waals surface area (Å²) in [6.45, 7) is 10.7. The Labute approximate surface area is 181 Å². The fourth-order valence-corrected chi connectivity index (χ4v) is 4.37. The number of amides is 1. The second-order valence-corrected chi connectivity index (χ2v) is 9.12. The van der Waals surface area contributed by atoms with Gasteiger partial charge in [0.05, 0.1) is 16.2 Å². The van der Waals surface area contributed by atoms with E-state index < -0.39 is 5.25 Å². The summed E-state index contributed by atoms with van der Waals surface area (Å²) in [5, 5.41) is 3.89. The highest BCUT2D eigenvalue weighted by atomic mass is 32.2. The lowest BCUT2D eigenvalue weighted by Crippen LogP contribution is -2.27. The highest BCUT2D eigenvalue weighted by Crippen LogP contribution is 2.29. The fraction of sp³-hybridized carbons (Fsp3) is 0.375. The highest BCUT2D eigenvalue weighted by Gasteiger charge is 2.21. The Hall–Kier alpha value is -2.60. The van der Waals surface area contributed by atoms with Crippen molar-refractivity contribution in [3.05, 3.63) is 63.9 Å². The Morgan fingerprint density at radius 1 is 1.13 bits per heavy atom. The third kappa shape index (κ3) is 4.59. The van der Waals surface area contributed by atoms with Crippen molar-refractivity contribution in [1.29, 1.82) is 0 Å². The van der Waals surface area contributed by atoms with Crippen LogP contribution in [0.4, 0.5) is 5.69 Å². The molecule has 5 nitrogen and oxygen atoms in total. The number of nitrogens with one attached hydrogen (secondary N) is 1. The summed E-state index contributed by atoms with van der Waals surface area (Å²) < 4.78 is 1.68. The molecule has 0 radical (unpaired) electrons. The number of thioether (sulfide) groups is 1. The molecule has 1 amide bonds. The number of aromatic nitrogens is 2. The van der Waals surface area contributed by atoms with Crippen LogP contribution < -0.4 is 10.9 Å². The highest BCUT2D eigenvalue weighted by molar-refractivity contribution is 8.00. The lowest BCUT2D eigenvalue weighted by Gasteiger charge is -2.19. The number of rotatable bonds is 7. The summed E-state index contributed by atoms with van der Waals surface area (Å²) in [5.41, 5.74) is 3.64. The minimum absolute atomic E-state index is 0.0569. The Balaban J connectivity index is 1.90. The lowest BCUT2D eigenvalue weighted by molar-refractivity contribution is -0.115. The summed E-state index contributed by atoms with van der Waals surface area (Å²) in [7, 11) is 0. The molecule has 6 heteroatoms. The van der Waals surface area contributed by atoms with E-state index in [0.29, 0.717) is 28.5 Å². The summed E-state index contributed by atoms with van der Waals surface area (Å²) >= 11 is 1.33. The van der Waals surface area contributed by atoms with Gasteiger partial charge < -0.3 is 5.32 Å². The quantitative estimate of drug-likeness (QED) is 0.411. The zero-order chi connectivity index (χ0) is 21.8. The molecule has 1 unspecified atom stereocenters. The number of carbonyl (C=O) groups is 1. The number of hydrogen-bond donors (Lipinski definition) is 1. The fourth-order valence-electron chi connectivity index (χ4n) is 3.44. The van der Waals surface area contributed by atoms with E-state index in [1.165, 1.54) is 11.8 Å². The van der Waals surface area contributed by atoms with E-state index in [1.807, 2.05) is 51.1 Å². The van der Waals surface area contributed by atoms with Crippen molar-refractivity contribution in [1.82, 2.24) is 9.55 Å². The molecule has 0 bridgehead atoms. The molecule has 0 saturated carbocycles. The largest absolute Gasteiger partial charge is 0.325 e. The van der Waals surface area contributed by atoms with Gasteiger partial charge >= 0.3 is 0 Å². The molecule has 1 N–H and O–H groups in total. The minimum atomic E-state index is -0.402. The molecule has 0 saturated heterocycles. The van der Waals surface area contributed by atoms with Gasteiger partial charge in [-0.2, -0.15) is 0 Å². The van der Waals surface area contributed by atoms with Crippen molar-refractivity contribution in [2.24, 2.45) is 0 Å². The topological polar surface area (TPSA) is 64.0 Å². The standard InChI is InChI=1S/C24H29N3O2S/c1-6-14-27-23(29)19-11-7-8-13-20(19)25-24(27)30-17(5)22(28)26-21-16(4)10-9-12-18(21)15(2)3/h7-13,15,17H,6,14H2,1-5H3,(H,26,28). The monoisotopic (exact) mass is 423 g/mol. The first kappa shape index (κ1) is 22.1. The van der Waals surface area contributed by atoms with Crippen molar-refractivity contribution < 1.29 is 4.79 Å². The Kier molecular flexibility index (Phi) is 6.98. The average molecular weight is 424 g/mol. The van der Waals surface area contributed by atoms with Crippen molar-refractivity contribution in [2.45, 2.75) is 63.9 Å². The van der Waals surface area contributed by atoms with Gasteiger partial charge in [0.1, 0.15) is 0 Å². The maximum Gasteiger partial charge on any atom is 0.262 e. The number of anilines is 1. The molecule has 2 aromatic carbocycles. The van der Waals surface area contributed by atoms with E-state index >= 15 is 0 Å². The van der Waals surface area contributed by atoms with Crippen molar-refractivity contribution >= 4 is 34.3 Å². The van der Waals surface area contributed by atoms with Gasteiger partial charge in [0.25, 0.3) is 5.56 Å². The first-order valence-corrected chi connectivity index (χ1v) is 11.3. The Morgan fingerprint density at radius 3 is 2.57 bits per heavy atom. The van der Waals surface area contributed by atoms with Crippen LogP contribution in [0.1, 0.15) is 51.2 Å². The number of aryl methyl sites for hydroxylation is 1. The SMILES string of the molecule is CCCn1c(SC(C)C(=O)Nc2c(C)cccc2C(C)C)nc2ccccc2c1=O. The maximum absolute atomic E-state index is 13.0. The average Bonchev–Trinajstić information content (AvgIpc) is 2.72. The van der Waals surface area contributed by atoms with Crippen LogP contribution in [0.25, 0.3) is 10.9 Å². The molecular formula is C24H29N3O2S. The number of benzene rings is 2. The minimum Gasteiger partial charge on any atom is -0.325 e. The summed E-state index contributed by atoms with van der Waals surface area (Å²) in [6.07, 6.45) is 0.815. The zero-order valence-corrected chi connectivity index (χ0v) is 19.0. The van der Waals surface area contributed by atoms with E-state index in [4.69, 9.17) is 4.98 Å². The van der Waals surface area contributed by atoms with Crippen LogP contribution in [0.5, 0.6) is 0 Å². The molecule has 0 aliphatic rings. The number of para-hydroxylation sites is 2. The van der Waals surface area contributed by atoms with Crippen LogP contribution in [0.2, 0.25) is 0 Å². The van der Waals surface area contributed by atoms with E-state index in [9.17, 15) is 9.59 Å². The maximum atomic E-state index is 13.0. The molecule has 3 rings (SSSR count). The molecule has 30 heavy (non-hydrogen) atoms. The molecule has 3 aromatic rings. The van der Waals surface area contributed by atoms with Crippen LogP contribution in [0.15, 0.2) is 52.4 Å². The van der Waals surface area contributed by atoms with E-state index in [1.54, 1.807) is 10.6 Å². The Morgan fingerprint density at radius 2 is 1.87 bits per heavy atom. The first-order valence-electron chi connectivity index (χ1n) is 10.4.